The van der Waals surface area contributed by atoms with E-state index in [1.807, 2.05) is 19.1 Å². The molecule has 6 nitrogen and oxygen atoms in total. The highest BCUT2D eigenvalue weighted by atomic mass is 19.1. The number of esters is 1. The van der Waals surface area contributed by atoms with Gasteiger partial charge in [0.25, 0.3) is 5.91 Å². The molecular formula is C21H18FNO5. The molecule has 0 radical (unpaired) electrons. The van der Waals surface area contributed by atoms with Crippen LogP contribution in [0, 0.1) is 5.82 Å². The van der Waals surface area contributed by atoms with Gasteiger partial charge in [0.15, 0.2) is 0 Å². The van der Waals surface area contributed by atoms with E-state index in [0.717, 1.165) is 18.1 Å². The molecule has 0 aliphatic rings. The van der Waals surface area contributed by atoms with E-state index in [0.29, 0.717) is 16.5 Å². The fourth-order valence-electron chi connectivity index (χ4n) is 2.71. The minimum absolute atomic E-state index is 0.103. The summed E-state index contributed by atoms with van der Waals surface area (Å²) < 4.78 is 23.5. The maximum absolute atomic E-state index is 13.1. The van der Waals surface area contributed by atoms with Crippen LogP contribution in [0.1, 0.15) is 28.4 Å². The van der Waals surface area contributed by atoms with Crippen LogP contribution in [0.3, 0.4) is 0 Å². The van der Waals surface area contributed by atoms with Gasteiger partial charge in [-0.05, 0) is 36.2 Å². The van der Waals surface area contributed by atoms with Crippen LogP contribution in [0.25, 0.3) is 11.0 Å². The number of nitrogens with one attached hydrogen (secondary N) is 1. The average Bonchev–Trinajstić information content (AvgIpc) is 2.69. The average molecular weight is 383 g/mol. The Labute approximate surface area is 159 Å². The molecule has 0 aliphatic heterocycles. The van der Waals surface area contributed by atoms with Crippen molar-refractivity contribution in [3.05, 3.63) is 81.5 Å². The van der Waals surface area contributed by atoms with Crippen molar-refractivity contribution in [3.8, 4) is 0 Å². The van der Waals surface area contributed by atoms with E-state index in [2.05, 4.69) is 5.32 Å². The highest BCUT2D eigenvalue weighted by molar-refractivity contribution is 5.95. The summed E-state index contributed by atoms with van der Waals surface area (Å²) in [6.07, 6.45) is 0.796. The van der Waals surface area contributed by atoms with E-state index in [9.17, 15) is 18.8 Å². The summed E-state index contributed by atoms with van der Waals surface area (Å²) in [5, 5.41) is 3.04. The van der Waals surface area contributed by atoms with Gasteiger partial charge in [0, 0.05) is 22.6 Å². The number of hydrogen-bond acceptors (Lipinski definition) is 5. The van der Waals surface area contributed by atoms with Gasteiger partial charge in [-0.1, -0.05) is 25.1 Å². The largest absolute Gasteiger partial charge is 0.459 e. The van der Waals surface area contributed by atoms with Gasteiger partial charge >= 0.3 is 11.6 Å². The first kappa shape index (κ1) is 19.3. The molecule has 1 heterocycles. The Morgan fingerprint density at radius 1 is 1.14 bits per heavy atom. The summed E-state index contributed by atoms with van der Waals surface area (Å²) in [5.41, 5.74) is 1.53. The van der Waals surface area contributed by atoms with Gasteiger partial charge in [-0.2, -0.15) is 0 Å². The van der Waals surface area contributed by atoms with E-state index >= 15 is 0 Å². The monoisotopic (exact) mass is 383 g/mol. The molecule has 3 aromatic rings. The molecule has 3 rings (SSSR count). The number of halogens is 1. The molecule has 0 bridgehead atoms. The fraction of sp³-hybridized carbons (Fsp3) is 0.190. The molecule has 0 unspecified atom stereocenters. The summed E-state index contributed by atoms with van der Waals surface area (Å²) in [7, 11) is 0. The summed E-state index contributed by atoms with van der Waals surface area (Å²) in [6, 6.07) is 11.9. The Balaban J connectivity index is 1.63. The van der Waals surface area contributed by atoms with Crippen molar-refractivity contribution in [2.45, 2.75) is 20.0 Å². The molecule has 2 aromatic carbocycles. The predicted molar refractivity (Wildman–Crippen MR) is 100 cm³/mol. The number of ether oxygens (including phenoxy) is 1. The Morgan fingerprint density at radius 3 is 2.71 bits per heavy atom. The van der Waals surface area contributed by atoms with Crippen LogP contribution >= 0.6 is 0 Å². The first-order valence-electron chi connectivity index (χ1n) is 8.71. The molecule has 0 atom stereocenters. The number of fused-ring (bicyclic) bond motifs is 1. The molecule has 7 heteroatoms. The van der Waals surface area contributed by atoms with Gasteiger partial charge in [0.2, 0.25) is 0 Å². The number of carbonyl (C=O) groups is 2. The second-order valence-corrected chi connectivity index (χ2v) is 6.13. The van der Waals surface area contributed by atoms with Crippen molar-refractivity contribution in [3.63, 3.8) is 0 Å². The van der Waals surface area contributed by atoms with Gasteiger partial charge < -0.3 is 14.5 Å². The van der Waals surface area contributed by atoms with Gasteiger partial charge in [-0.25, -0.2) is 9.18 Å². The first-order chi connectivity index (χ1) is 13.5. The van der Waals surface area contributed by atoms with Crippen LogP contribution < -0.4 is 10.9 Å². The Morgan fingerprint density at radius 2 is 1.96 bits per heavy atom. The Bertz CT molecular complexity index is 1090. The molecule has 144 valence electrons. The molecule has 0 spiro atoms. The third-order valence-corrected chi connectivity index (χ3v) is 4.17. The first-order valence-corrected chi connectivity index (χ1v) is 8.71. The second-order valence-electron chi connectivity index (χ2n) is 6.13. The quantitative estimate of drug-likeness (QED) is 0.522. The standard InChI is InChI=1S/C21H18FNO5/c1-2-13-6-7-17-15(10-19(24)28-18(17)8-13)12-27-20(25)11-23-21(26)14-4-3-5-16(22)9-14/h3-10H,2,11-12H2,1H3,(H,23,26). The Hall–Kier alpha value is -3.48. The number of carbonyl (C=O) groups excluding carboxylic acids is 2. The summed E-state index contributed by atoms with van der Waals surface area (Å²) in [6.45, 7) is 1.47. The van der Waals surface area contributed by atoms with E-state index < -0.39 is 23.3 Å². The van der Waals surface area contributed by atoms with E-state index in [-0.39, 0.29) is 18.7 Å². The zero-order valence-electron chi connectivity index (χ0n) is 15.2. The van der Waals surface area contributed by atoms with Crippen LogP contribution in [0.4, 0.5) is 4.39 Å². The molecule has 28 heavy (non-hydrogen) atoms. The summed E-state index contributed by atoms with van der Waals surface area (Å²) in [5.74, 6) is -1.82. The van der Waals surface area contributed by atoms with Crippen molar-refractivity contribution >= 4 is 22.8 Å². The summed E-state index contributed by atoms with van der Waals surface area (Å²) >= 11 is 0. The number of aryl methyl sites for hydroxylation is 1. The van der Waals surface area contributed by atoms with Crippen LogP contribution in [-0.2, 0) is 22.6 Å². The zero-order chi connectivity index (χ0) is 20.1. The minimum atomic E-state index is -0.684. The van der Waals surface area contributed by atoms with E-state index in [1.54, 1.807) is 6.07 Å². The topological polar surface area (TPSA) is 85.6 Å². The van der Waals surface area contributed by atoms with Crippen molar-refractivity contribution < 1.29 is 23.1 Å². The summed E-state index contributed by atoms with van der Waals surface area (Å²) in [4.78, 5) is 35.6. The van der Waals surface area contributed by atoms with Crippen molar-refractivity contribution in [2.24, 2.45) is 0 Å². The van der Waals surface area contributed by atoms with E-state index in [4.69, 9.17) is 9.15 Å². The molecule has 1 amide bonds. The normalized spacial score (nSPS) is 10.6. The molecule has 0 saturated heterocycles. The lowest BCUT2D eigenvalue weighted by Crippen LogP contribution is -2.30. The van der Waals surface area contributed by atoms with Crippen molar-refractivity contribution in [2.75, 3.05) is 6.54 Å². The molecule has 0 aliphatic carbocycles. The highest BCUT2D eigenvalue weighted by Crippen LogP contribution is 2.19. The SMILES string of the molecule is CCc1ccc2c(COC(=O)CNC(=O)c3cccc(F)c3)cc(=O)oc2c1. The zero-order valence-corrected chi connectivity index (χ0v) is 15.2. The lowest BCUT2D eigenvalue weighted by atomic mass is 10.1. The molecule has 0 fully saturated rings. The number of hydrogen-bond donors (Lipinski definition) is 1. The molecule has 1 N–H and O–H groups in total. The van der Waals surface area contributed by atoms with Crippen LogP contribution in [0.5, 0.6) is 0 Å². The van der Waals surface area contributed by atoms with Crippen molar-refractivity contribution in [1.29, 1.82) is 0 Å². The molecule has 1 aromatic heterocycles. The van der Waals surface area contributed by atoms with Gasteiger partial charge in [-0.3, -0.25) is 9.59 Å². The fourth-order valence-corrected chi connectivity index (χ4v) is 2.71. The van der Waals surface area contributed by atoms with Crippen LogP contribution in [0.15, 0.2) is 57.7 Å². The molecule has 0 saturated carbocycles. The predicted octanol–water partition coefficient (Wildman–Crippen LogP) is 2.97. The van der Waals surface area contributed by atoms with Gasteiger partial charge in [-0.15, -0.1) is 0 Å². The maximum atomic E-state index is 13.1. The smallest absolute Gasteiger partial charge is 0.336 e. The van der Waals surface area contributed by atoms with Crippen LogP contribution in [0.2, 0.25) is 0 Å². The highest BCUT2D eigenvalue weighted by Gasteiger charge is 2.12. The number of amides is 1. The minimum Gasteiger partial charge on any atom is -0.459 e. The van der Waals surface area contributed by atoms with Gasteiger partial charge in [0.05, 0.1) is 0 Å². The second kappa shape index (κ2) is 8.47. The van der Waals surface area contributed by atoms with Crippen LogP contribution in [-0.4, -0.2) is 18.4 Å². The number of benzene rings is 2. The Kier molecular flexibility index (Phi) is 5.84. The van der Waals surface area contributed by atoms with Crippen molar-refractivity contribution in [1.82, 2.24) is 5.32 Å². The molecular weight excluding hydrogens is 365 g/mol. The lowest BCUT2D eigenvalue weighted by molar-refractivity contribution is -0.143. The third kappa shape index (κ3) is 4.62. The number of rotatable bonds is 6. The van der Waals surface area contributed by atoms with Gasteiger partial charge in [0.1, 0.15) is 24.6 Å². The van der Waals surface area contributed by atoms with E-state index in [1.165, 1.54) is 24.3 Å². The third-order valence-electron chi connectivity index (χ3n) is 4.17. The lowest BCUT2D eigenvalue weighted by Gasteiger charge is -2.09. The maximum Gasteiger partial charge on any atom is 0.336 e.